The summed E-state index contributed by atoms with van der Waals surface area (Å²) in [7, 11) is 1.67. The fraction of sp³-hybridized carbons (Fsp3) is 0.550. The molecule has 1 atom stereocenters. The van der Waals surface area contributed by atoms with Crippen LogP contribution in [0.25, 0.3) is 10.9 Å². The van der Waals surface area contributed by atoms with Crippen molar-refractivity contribution in [3.63, 3.8) is 0 Å². The van der Waals surface area contributed by atoms with Gasteiger partial charge in [0, 0.05) is 36.8 Å². The van der Waals surface area contributed by atoms with E-state index in [1.807, 2.05) is 29.0 Å². The second-order valence-corrected chi connectivity index (χ2v) is 7.00. The highest BCUT2D eigenvalue weighted by molar-refractivity contribution is 5.87. The van der Waals surface area contributed by atoms with Crippen LogP contribution in [0.4, 0.5) is 0 Å². The van der Waals surface area contributed by atoms with E-state index in [0.29, 0.717) is 6.10 Å². The predicted molar refractivity (Wildman–Crippen MR) is 102 cm³/mol. The molecule has 3 rings (SSSR count). The topological polar surface area (TPSA) is 69.7 Å². The van der Waals surface area contributed by atoms with Crippen LogP contribution in [0.1, 0.15) is 31.7 Å². The number of piperidine rings is 1. The molecule has 1 saturated heterocycles. The minimum absolute atomic E-state index is 0.186. The lowest BCUT2D eigenvalue weighted by atomic mass is 10.1. The summed E-state index contributed by atoms with van der Waals surface area (Å²) in [5.41, 5.74) is 7.62. The molecule has 0 spiro atoms. The Labute approximate surface area is 154 Å². The largest absolute Gasteiger partial charge is 0.497 e. The molecular weight excluding hydrogens is 330 g/mol. The molecule has 1 aliphatic heterocycles. The molecule has 1 aliphatic rings. The number of amides is 1. The highest BCUT2D eigenvalue weighted by atomic mass is 16.5. The van der Waals surface area contributed by atoms with Crippen LogP contribution < -0.4 is 10.5 Å². The molecule has 0 bridgehead atoms. The Bertz CT molecular complexity index is 756. The molecule has 2 heterocycles. The molecule has 1 aromatic heterocycles. The normalized spacial score (nSPS) is 18.3. The lowest BCUT2D eigenvalue weighted by Gasteiger charge is -2.32. The van der Waals surface area contributed by atoms with Crippen LogP contribution >= 0.6 is 0 Å². The zero-order chi connectivity index (χ0) is 18.5. The number of nitrogens with zero attached hydrogens (tertiary/aromatic N) is 2. The Balaban J connectivity index is 1.82. The van der Waals surface area contributed by atoms with Crippen LogP contribution in [0.3, 0.4) is 0 Å². The molecule has 0 aliphatic carbocycles. The van der Waals surface area contributed by atoms with Gasteiger partial charge >= 0.3 is 0 Å². The first-order valence-corrected chi connectivity index (χ1v) is 9.38. The standard InChI is InChI=1S/C20H29N3O3/c1-3-9-26-17-5-4-8-22(13-17)11-15-12-23(14-20(21)24)19-7-6-16(25-2)10-18(15)19/h6-7,10,12,17H,3-5,8-9,11,13-14H2,1-2H3,(H2,21,24)/t17-/m1/s1. The second kappa shape index (κ2) is 8.56. The van der Waals surface area contributed by atoms with Crippen LogP contribution in [-0.4, -0.2) is 48.3 Å². The van der Waals surface area contributed by atoms with E-state index in [1.54, 1.807) is 7.11 Å². The highest BCUT2D eigenvalue weighted by Crippen LogP contribution is 2.28. The van der Waals surface area contributed by atoms with Crippen molar-refractivity contribution in [2.24, 2.45) is 5.73 Å². The summed E-state index contributed by atoms with van der Waals surface area (Å²) in [5.74, 6) is 0.480. The summed E-state index contributed by atoms with van der Waals surface area (Å²) in [6.45, 7) is 6.01. The van der Waals surface area contributed by atoms with Gasteiger partial charge in [-0.1, -0.05) is 6.92 Å². The van der Waals surface area contributed by atoms with Crippen molar-refractivity contribution in [3.05, 3.63) is 30.0 Å². The van der Waals surface area contributed by atoms with Gasteiger partial charge in [-0.25, -0.2) is 0 Å². The van der Waals surface area contributed by atoms with E-state index in [2.05, 4.69) is 11.8 Å². The number of benzene rings is 1. The Morgan fingerprint density at radius 3 is 2.96 bits per heavy atom. The minimum atomic E-state index is -0.338. The number of fused-ring (bicyclic) bond motifs is 1. The smallest absolute Gasteiger partial charge is 0.237 e. The number of hydrogen-bond acceptors (Lipinski definition) is 4. The fourth-order valence-corrected chi connectivity index (χ4v) is 3.72. The third-order valence-electron chi connectivity index (χ3n) is 4.91. The number of methoxy groups -OCH3 is 1. The molecule has 0 saturated carbocycles. The van der Waals surface area contributed by atoms with Gasteiger partial charge in [0.2, 0.25) is 5.91 Å². The Kier molecular flexibility index (Phi) is 6.16. The van der Waals surface area contributed by atoms with Crippen molar-refractivity contribution in [2.45, 2.75) is 45.4 Å². The molecule has 0 unspecified atom stereocenters. The molecule has 2 aromatic rings. The first-order chi connectivity index (χ1) is 12.6. The molecule has 1 aromatic carbocycles. The molecule has 6 heteroatoms. The van der Waals surface area contributed by atoms with Crippen molar-refractivity contribution in [1.29, 1.82) is 0 Å². The van der Waals surface area contributed by atoms with Gasteiger partial charge in [-0.05, 0) is 49.6 Å². The maximum absolute atomic E-state index is 11.4. The summed E-state index contributed by atoms with van der Waals surface area (Å²) in [5, 5.41) is 1.11. The zero-order valence-corrected chi connectivity index (χ0v) is 15.7. The summed E-state index contributed by atoms with van der Waals surface area (Å²) in [4.78, 5) is 13.9. The van der Waals surface area contributed by atoms with Crippen molar-refractivity contribution >= 4 is 16.8 Å². The van der Waals surface area contributed by atoms with Gasteiger partial charge in [-0.15, -0.1) is 0 Å². The maximum atomic E-state index is 11.4. The monoisotopic (exact) mass is 359 g/mol. The number of rotatable bonds is 8. The van der Waals surface area contributed by atoms with Crippen molar-refractivity contribution in [1.82, 2.24) is 9.47 Å². The molecule has 2 N–H and O–H groups in total. The zero-order valence-electron chi connectivity index (χ0n) is 15.7. The number of primary amides is 1. The number of ether oxygens (including phenoxy) is 2. The summed E-state index contributed by atoms with van der Waals surface area (Å²) in [6.07, 6.45) is 5.70. The SMILES string of the molecule is CCCO[C@@H]1CCCN(Cc2cn(CC(N)=O)c3ccc(OC)cc23)C1. The molecule has 142 valence electrons. The van der Waals surface area contributed by atoms with Gasteiger partial charge in [0.15, 0.2) is 0 Å². The first-order valence-electron chi connectivity index (χ1n) is 9.38. The van der Waals surface area contributed by atoms with Crippen LogP contribution in [-0.2, 0) is 22.6 Å². The Morgan fingerprint density at radius 1 is 1.38 bits per heavy atom. The van der Waals surface area contributed by atoms with E-state index in [-0.39, 0.29) is 12.5 Å². The quantitative estimate of drug-likeness (QED) is 0.786. The molecule has 26 heavy (non-hydrogen) atoms. The average molecular weight is 359 g/mol. The van der Waals surface area contributed by atoms with Crippen LogP contribution in [0, 0.1) is 0 Å². The number of aromatic nitrogens is 1. The van der Waals surface area contributed by atoms with E-state index < -0.39 is 0 Å². The predicted octanol–water partition coefficient (Wildman–Crippen LogP) is 2.53. The van der Waals surface area contributed by atoms with Gasteiger partial charge in [0.1, 0.15) is 12.3 Å². The molecule has 6 nitrogen and oxygen atoms in total. The first kappa shape index (κ1) is 18.7. The van der Waals surface area contributed by atoms with E-state index in [0.717, 1.165) is 62.2 Å². The third kappa shape index (κ3) is 4.37. The third-order valence-corrected chi connectivity index (χ3v) is 4.91. The van der Waals surface area contributed by atoms with Gasteiger partial charge in [-0.3, -0.25) is 9.69 Å². The average Bonchev–Trinajstić information content (AvgIpc) is 2.96. The number of carbonyl (C=O) groups excluding carboxylic acids is 1. The minimum Gasteiger partial charge on any atom is -0.497 e. The van der Waals surface area contributed by atoms with Crippen LogP contribution in [0.2, 0.25) is 0 Å². The number of nitrogens with two attached hydrogens (primary N) is 1. The maximum Gasteiger partial charge on any atom is 0.237 e. The van der Waals surface area contributed by atoms with E-state index in [4.69, 9.17) is 15.2 Å². The van der Waals surface area contributed by atoms with Gasteiger partial charge in [0.05, 0.1) is 13.2 Å². The molecule has 1 amide bonds. The van der Waals surface area contributed by atoms with Crippen LogP contribution in [0.5, 0.6) is 5.75 Å². The van der Waals surface area contributed by atoms with E-state index in [1.165, 1.54) is 5.56 Å². The molecule has 0 radical (unpaired) electrons. The molecule has 1 fully saturated rings. The van der Waals surface area contributed by atoms with Crippen molar-refractivity contribution in [2.75, 3.05) is 26.8 Å². The molecular formula is C20H29N3O3. The Hall–Kier alpha value is -2.05. The van der Waals surface area contributed by atoms with E-state index in [9.17, 15) is 4.79 Å². The van der Waals surface area contributed by atoms with Gasteiger partial charge in [-0.2, -0.15) is 0 Å². The fourth-order valence-electron chi connectivity index (χ4n) is 3.72. The summed E-state index contributed by atoms with van der Waals surface area (Å²) in [6, 6.07) is 5.94. The summed E-state index contributed by atoms with van der Waals surface area (Å²) < 4.78 is 13.3. The summed E-state index contributed by atoms with van der Waals surface area (Å²) >= 11 is 0. The lowest BCUT2D eigenvalue weighted by Crippen LogP contribution is -2.39. The number of likely N-dealkylation sites (tertiary alicyclic amines) is 1. The van der Waals surface area contributed by atoms with Gasteiger partial charge in [0.25, 0.3) is 0 Å². The lowest BCUT2D eigenvalue weighted by molar-refractivity contribution is -0.118. The van der Waals surface area contributed by atoms with Crippen molar-refractivity contribution in [3.8, 4) is 5.75 Å². The number of carbonyl (C=O) groups is 1. The number of hydrogen-bond donors (Lipinski definition) is 1. The van der Waals surface area contributed by atoms with Crippen LogP contribution in [0.15, 0.2) is 24.4 Å². The van der Waals surface area contributed by atoms with E-state index >= 15 is 0 Å². The second-order valence-electron chi connectivity index (χ2n) is 7.00. The Morgan fingerprint density at radius 2 is 2.23 bits per heavy atom. The van der Waals surface area contributed by atoms with Gasteiger partial charge < -0.3 is 19.8 Å². The van der Waals surface area contributed by atoms with Crippen molar-refractivity contribution < 1.29 is 14.3 Å². The highest BCUT2D eigenvalue weighted by Gasteiger charge is 2.22.